The average molecular weight is 463 g/mol. The lowest BCUT2D eigenvalue weighted by Gasteiger charge is -2.12. The molecular weight excluding hydrogens is 445 g/mol. The van der Waals surface area contributed by atoms with E-state index in [2.05, 4.69) is 71.1 Å². The zero-order chi connectivity index (χ0) is 24.0. The van der Waals surface area contributed by atoms with Crippen LogP contribution in [0.2, 0.25) is 0 Å². The van der Waals surface area contributed by atoms with Crippen LogP contribution in [0.25, 0.3) is 48.9 Å². The van der Waals surface area contributed by atoms with E-state index in [0.717, 1.165) is 21.8 Å². The van der Waals surface area contributed by atoms with Gasteiger partial charge in [-0.15, -0.1) is 0 Å². The first kappa shape index (κ1) is 21.9. The number of benzene rings is 3. The molecule has 0 amide bonds. The van der Waals surface area contributed by atoms with E-state index in [1.807, 2.05) is 19.1 Å². The quantitative estimate of drug-likeness (QED) is 0.0695. The summed E-state index contributed by atoms with van der Waals surface area (Å²) in [7, 11) is -6.00. The first-order valence-electron chi connectivity index (χ1n) is 10.8. The molecule has 0 bridgehead atoms. The number of rotatable bonds is 2. The molecule has 0 radical (unpaired) electrons. The molecule has 0 spiro atoms. The van der Waals surface area contributed by atoms with Crippen molar-refractivity contribution in [2.75, 3.05) is 6.61 Å². The van der Waals surface area contributed by atoms with Crippen molar-refractivity contribution in [1.82, 2.24) is 0 Å². The Kier molecular flexibility index (Phi) is 5.23. The third-order valence-electron chi connectivity index (χ3n) is 5.82. The molecule has 0 aliphatic carbocycles. The van der Waals surface area contributed by atoms with Crippen molar-refractivity contribution in [3.8, 4) is 0 Å². The largest absolute Gasteiger partial charge is 0.673 e. The zero-order valence-electron chi connectivity index (χ0n) is 18.1. The number of hydrogen-bond donors (Lipinski definition) is 0. The molecule has 0 N–H and O–H groups in total. The number of nitrogens with zero attached hydrogens (tertiary/aromatic N) is 1. The van der Waals surface area contributed by atoms with Crippen LogP contribution in [-0.2, 0) is 4.74 Å². The van der Waals surface area contributed by atoms with E-state index in [1.165, 1.54) is 27.1 Å². The molecule has 0 aliphatic heterocycles. The van der Waals surface area contributed by atoms with Crippen molar-refractivity contribution in [2.45, 2.75) is 6.92 Å². The molecule has 0 unspecified atom stereocenters. The second kappa shape index (κ2) is 8.13. The zero-order valence-corrected chi connectivity index (χ0v) is 18.1. The first-order chi connectivity index (χ1) is 16.3. The lowest BCUT2D eigenvalue weighted by Crippen LogP contribution is -2.27. The van der Waals surface area contributed by atoms with Gasteiger partial charge in [-0.2, -0.15) is 4.40 Å². The minimum Gasteiger partial charge on any atom is -0.462 e. The van der Waals surface area contributed by atoms with Crippen molar-refractivity contribution in [2.24, 2.45) is 0 Å². The molecule has 6 rings (SSSR count). The summed E-state index contributed by atoms with van der Waals surface area (Å²) in [4.78, 5) is 12.7. The fraction of sp³-hybridized carbons (Fsp3) is 0.0769. The molecule has 6 aromatic rings. The summed E-state index contributed by atoms with van der Waals surface area (Å²) >= 11 is 0. The van der Waals surface area contributed by atoms with E-state index in [4.69, 9.17) is 4.74 Å². The van der Waals surface area contributed by atoms with Crippen molar-refractivity contribution < 1.29 is 31.2 Å². The molecule has 3 nitrogen and oxygen atoms in total. The number of pyridine rings is 3. The van der Waals surface area contributed by atoms with Crippen LogP contribution in [0.4, 0.5) is 17.3 Å². The Hall–Kier alpha value is -3.94. The Morgan fingerprint density at radius 1 is 0.735 bits per heavy atom. The summed E-state index contributed by atoms with van der Waals surface area (Å²) < 4.78 is 46.6. The molecule has 3 aromatic carbocycles. The molecule has 0 fully saturated rings. The summed E-state index contributed by atoms with van der Waals surface area (Å²) in [5.74, 6) is -0.285. The predicted octanol–water partition coefficient (Wildman–Crippen LogP) is 6.95. The van der Waals surface area contributed by atoms with Gasteiger partial charge >= 0.3 is 13.2 Å². The number of carbonyl (C=O) groups excluding carboxylic acids is 1. The highest BCUT2D eigenvalue weighted by atomic mass is 19.5. The molecule has 0 atom stereocenters. The number of carbonyl (C=O) groups is 1. The van der Waals surface area contributed by atoms with Crippen LogP contribution in [0.3, 0.4) is 0 Å². The van der Waals surface area contributed by atoms with Gasteiger partial charge < -0.3 is 22.0 Å². The minimum absolute atomic E-state index is 0.285. The van der Waals surface area contributed by atoms with Gasteiger partial charge in [-0.25, -0.2) is 4.79 Å². The number of para-hydroxylation sites is 1. The van der Waals surface area contributed by atoms with Gasteiger partial charge in [-0.05, 0) is 31.2 Å². The van der Waals surface area contributed by atoms with Crippen LogP contribution >= 0.6 is 0 Å². The van der Waals surface area contributed by atoms with Gasteiger partial charge in [0.05, 0.1) is 33.7 Å². The van der Waals surface area contributed by atoms with E-state index in [1.54, 1.807) is 0 Å². The Morgan fingerprint density at radius 2 is 1.15 bits per heavy atom. The maximum Gasteiger partial charge on any atom is 0.673 e. The van der Waals surface area contributed by atoms with Crippen molar-refractivity contribution in [3.05, 3.63) is 84.4 Å². The van der Waals surface area contributed by atoms with Crippen LogP contribution in [0.1, 0.15) is 17.3 Å². The van der Waals surface area contributed by atoms with E-state index in [-0.39, 0.29) is 5.97 Å². The van der Waals surface area contributed by atoms with Crippen LogP contribution in [0, 0.1) is 0 Å². The highest BCUT2D eigenvalue weighted by Crippen LogP contribution is 2.35. The van der Waals surface area contributed by atoms with Crippen LogP contribution in [0.5, 0.6) is 0 Å². The van der Waals surface area contributed by atoms with Gasteiger partial charge in [0, 0.05) is 22.9 Å². The molecule has 0 saturated heterocycles. The van der Waals surface area contributed by atoms with Crippen LogP contribution in [0.15, 0.2) is 78.9 Å². The Morgan fingerprint density at radius 3 is 1.59 bits per heavy atom. The average Bonchev–Trinajstić information content (AvgIpc) is 2.82. The normalized spacial score (nSPS) is 11.9. The summed E-state index contributed by atoms with van der Waals surface area (Å²) in [6.07, 6.45) is 0. The lowest BCUT2D eigenvalue weighted by atomic mass is 9.96. The molecule has 8 heteroatoms. The number of aromatic nitrogens is 1. The SMILES string of the molecule is CCOC(=O)c1cc2c3ccccc3c3cccc4c5ccccc5c(c1)[n+]2c34.F[B-](F)(F)F. The number of esters is 1. The predicted molar refractivity (Wildman–Crippen MR) is 127 cm³/mol. The third-order valence-corrected chi connectivity index (χ3v) is 5.82. The summed E-state index contributed by atoms with van der Waals surface area (Å²) in [6, 6.07) is 27.2. The van der Waals surface area contributed by atoms with Crippen LogP contribution in [-0.4, -0.2) is 19.8 Å². The number of hydrogen-bond acceptors (Lipinski definition) is 2. The van der Waals surface area contributed by atoms with Gasteiger partial charge in [0.2, 0.25) is 16.6 Å². The monoisotopic (exact) mass is 463 g/mol. The Bertz CT molecular complexity index is 1590. The summed E-state index contributed by atoms with van der Waals surface area (Å²) in [5.41, 5.74) is 3.82. The van der Waals surface area contributed by atoms with Gasteiger partial charge in [-0.1, -0.05) is 42.5 Å². The third kappa shape index (κ3) is 3.65. The maximum absolute atomic E-state index is 12.7. The number of fused-ring (bicyclic) bond motifs is 6. The molecular formula is C26H18BF4NO2. The Labute approximate surface area is 191 Å². The van der Waals surface area contributed by atoms with Gasteiger partial charge in [0.25, 0.3) is 0 Å². The minimum atomic E-state index is -6.00. The fourth-order valence-electron chi connectivity index (χ4n) is 4.67. The van der Waals surface area contributed by atoms with Crippen molar-refractivity contribution in [3.63, 3.8) is 0 Å². The van der Waals surface area contributed by atoms with Crippen molar-refractivity contribution >= 4 is 62.1 Å². The topological polar surface area (TPSA) is 30.4 Å². The number of ether oxygens (including phenoxy) is 1. The summed E-state index contributed by atoms with van der Waals surface area (Å²) in [5, 5.41) is 7.07. The van der Waals surface area contributed by atoms with E-state index in [9.17, 15) is 22.1 Å². The molecule has 3 aromatic heterocycles. The van der Waals surface area contributed by atoms with E-state index < -0.39 is 7.25 Å². The van der Waals surface area contributed by atoms with Gasteiger partial charge in [0.15, 0.2) is 0 Å². The fourth-order valence-corrected chi connectivity index (χ4v) is 4.67. The standard InChI is InChI=1S/C26H18NO2.BF4/c1-2-29-26(28)16-14-23-19-10-5-3-8-17(19)21-12-7-13-22-18-9-4-6-11-20(18)24(15-16)27(23)25(21)22;2-1(3,4)5/h3-15H,2H2,1H3;/q+1;-1. The smallest absolute Gasteiger partial charge is 0.462 e. The van der Waals surface area contributed by atoms with E-state index in [0.29, 0.717) is 12.2 Å². The summed E-state index contributed by atoms with van der Waals surface area (Å²) in [6.45, 7) is 2.20. The molecule has 0 saturated carbocycles. The second-order valence-electron chi connectivity index (χ2n) is 7.86. The Balaban J connectivity index is 0.000000439. The second-order valence-corrected chi connectivity index (χ2v) is 7.86. The van der Waals surface area contributed by atoms with E-state index >= 15 is 0 Å². The molecule has 3 heterocycles. The highest BCUT2D eigenvalue weighted by Gasteiger charge is 2.26. The van der Waals surface area contributed by atoms with Gasteiger partial charge in [-0.3, -0.25) is 0 Å². The highest BCUT2D eigenvalue weighted by molar-refractivity contribution is 6.50. The molecule has 34 heavy (non-hydrogen) atoms. The molecule has 170 valence electrons. The van der Waals surface area contributed by atoms with Crippen LogP contribution < -0.4 is 4.40 Å². The number of halogens is 4. The van der Waals surface area contributed by atoms with Crippen molar-refractivity contribution in [1.29, 1.82) is 0 Å². The first-order valence-corrected chi connectivity index (χ1v) is 10.8. The molecule has 0 aliphatic rings. The maximum atomic E-state index is 12.7. The lowest BCUT2D eigenvalue weighted by molar-refractivity contribution is -0.448. The van der Waals surface area contributed by atoms with Gasteiger partial charge in [0.1, 0.15) is 0 Å².